The van der Waals surface area contributed by atoms with E-state index < -0.39 is 0 Å². The van der Waals surface area contributed by atoms with Crippen molar-refractivity contribution in [3.05, 3.63) is 28.7 Å². The van der Waals surface area contributed by atoms with Gasteiger partial charge in [-0.1, -0.05) is 28.9 Å². The summed E-state index contributed by atoms with van der Waals surface area (Å²) in [5.41, 5.74) is 5.14. The fraction of sp³-hybridized carbons (Fsp3) is 0.417. The van der Waals surface area contributed by atoms with Crippen LogP contribution < -0.4 is 10.5 Å². The van der Waals surface area contributed by atoms with Crippen molar-refractivity contribution >= 4 is 21.8 Å². The number of hydrogen-bond acceptors (Lipinski definition) is 3. The Morgan fingerprint density at radius 1 is 1.53 bits per heavy atom. The zero-order valence-electron chi connectivity index (χ0n) is 9.86. The summed E-state index contributed by atoms with van der Waals surface area (Å²) >= 11 is 3.38. The number of carbonyl (C=O) groups excluding carboxylic acids is 1. The zero-order valence-corrected chi connectivity index (χ0v) is 11.4. The minimum atomic E-state index is -0.311. The molecule has 5 heteroatoms. The SMILES string of the molecule is CCN(CCOc1cccc(Br)c1)CC(N)=O. The molecule has 0 aliphatic carbocycles. The lowest BCUT2D eigenvalue weighted by atomic mass is 10.3. The number of likely N-dealkylation sites (N-methyl/N-ethyl adjacent to an activating group) is 1. The predicted octanol–water partition coefficient (Wildman–Crippen LogP) is 1.64. The molecule has 0 saturated carbocycles. The van der Waals surface area contributed by atoms with Gasteiger partial charge >= 0.3 is 0 Å². The highest BCUT2D eigenvalue weighted by atomic mass is 79.9. The lowest BCUT2D eigenvalue weighted by Crippen LogP contribution is -2.36. The van der Waals surface area contributed by atoms with E-state index in [1.165, 1.54) is 0 Å². The summed E-state index contributed by atoms with van der Waals surface area (Å²) in [5.74, 6) is 0.504. The summed E-state index contributed by atoms with van der Waals surface area (Å²) < 4.78 is 6.56. The van der Waals surface area contributed by atoms with E-state index in [9.17, 15) is 4.79 Å². The molecule has 0 unspecified atom stereocenters. The third-order valence-corrected chi connectivity index (χ3v) is 2.79. The molecule has 1 aromatic carbocycles. The number of benzene rings is 1. The van der Waals surface area contributed by atoms with Gasteiger partial charge in [0.2, 0.25) is 5.91 Å². The van der Waals surface area contributed by atoms with Gasteiger partial charge < -0.3 is 10.5 Å². The van der Waals surface area contributed by atoms with Crippen LogP contribution in [0.25, 0.3) is 0 Å². The quantitative estimate of drug-likeness (QED) is 0.833. The Balaban J connectivity index is 2.33. The van der Waals surface area contributed by atoms with Crippen molar-refractivity contribution in [2.45, 2.75) is 6.92 Å². The van der Waals surface area contributed by atoms with E-state index in [1.807, 2.05) is 36.1 Å². The molecular formula is C12H17BrN2O2. The first-order chi connectivity index (χ1) is 8.11. The van der Waals surface area contributed by atoms with Crippen LogP contribution in [0.15, 0.2) is 28.7 Å². The Morgan fingerprint density at radius 3 is 2.88 bits per heavy atom. The van der Waals surface area contributed by atoms with E-state index in [4.69, 9.17) is 10.5 Å². The molecule has 17 heavy (non-hydrogen) atoms. The Bertz CT molecular complexity index is 371. The number of halogens is 1. The molecular weight excluding hydrogens is 284 g/mol. The summed E-state index contributed by atoms with van der Waals surface area (Å²) in [6, 6.07) is 7.66. The summed E-state index contributed by atoms with van der Waals surface area (Å²) in [6.07, 6.45) is 0. The van der Waals surface area contributed by atoms with Crippen LogP contribution in [0.1, 0.15) is 6.92 Å². The zero-order chi connectivity index (χ0) is 12.7. The lowest BCUT2D eigenvalue weighted by Gasteiger charge is -2.18. The second-order valence-electron chi connectivity index (χ2n) is 3.64. The van der Waals surface area contributed by atoms with Crippen LogP contribution in [0.2, 0.25) is 0 Å². The van der Waals surface area contributed by atoms with Crippen molar-refractivity contribution in [3.63, 3.8) is 0 Å². The van der Waals surface area contributed by atoms with Crippen molar-refractivity contribution in [1.29, 1.82) is 0 Å². The van der Waals surface area contributed by atoms with Gasteiger partial charge in [0.25, 0.3) is 0 Å². The van der Waals surface area contributed by atoms with Crippen LogP contribution in [0.3, 0.4) is 0 Å². The van der Waals surface area contributed by atoms with Crippen LogP contribution in [0.4, 0.5) is 0 Å². The molecule has 4 nitrogen and oxygen atoms in total. The monoisotopic (exact) mass is 300 g/mol. The molecule has 0 radical (unpaired) electrons. The van der Waals surface area contributed by atoms with E-state index in [1.54, 1.807) is 0 Å². The van der Waals surface area contributed by atoms with Gasteiger partial charge in [-0.2, -0.15) is 0 Å². The van der Waals surface area contributed by atoms with E-state index in [2.05, 4.69) is 15.9 Å². The van der Waals surface area contributed by atoms with E-state index in [0.29, 0.717) is 13.2 Å². The second kappa shape index (κ2) is 7.29. The highest BCUT2D eigenvalue weighted by molar-refractivity contribution is 9.10. The van der Waals surface area contributed by atoms with E-state index in [-0.39, 0.29) is 12.5 Å². The van der Waals surface area contributed by atoms with Gasteiger partial charge in [-0.15, -0.1) is 0 Å². The second-order valence-corrected chi connectivity index (χ2v) is 4.56. The average molecular weight is 301 g/mol. The molecule has 0 bridgehead atoms. The number of carbonyl (C=O) groups is 1. The van der Waals surface area contributed by atoms with Crippen LogP contribution in [-0.4, -0.2) is 37.0 Å². The maximum Gasteiger partial charge on any atom is 0.231 e. The number of hydrogen-bond donors (Lipinski definition) is 1. The Labute approximate surface area is 110 Å². The largest absolute Gasteiger partial charge is 0.492 e. The molecule has 0 fully saturated rings. The first kappa shape index (κ1) is 14.0. The molecule has 0 saturated heterocycles. The predicted molar refractivity (Wildman–Crippen MR) is 70.9 cm³/mol. The molecule has 0 aromatic heterocycles. The molecule has 1 rings (SSSR count). The number of ether oxygens (including phenoxy) is 1. The molecule has 1 aromatic rings. The smallest absolute Gasteiger partial charge is 0.231 e. The van der Waals surface area contributed by atoms with Gasteiger partial charge in [0.1, 0.15) is 12.4 Å². The van der Waals surface area contributed by atoms with Gasteiger partial charge in [-0.25, -0.2) is 0 Å². The van der Waals surface area contributed by atoms with Gasteiger partial charge in [0.15, 0.2) is 0 Å². The van der Waals surface area contributed by atoms with Crippen LogP contribution in [0, 0.1) is 0 Å². The third kappa shape index (κ3) is 5.70. The summed E-state index contributed by atoms with van der Waals surface area (Å²) in [6.45, 7) is 4.27. The molecule has 0 atom stereocenters. The Kier molecular flexibility index (Phi) is 6.00. The maximum atomic E-state index is 10.8. The normalized spacial score (nSPS) is 10.5. The summed E-state index contributed by atoms with van der Waals surface area (Å²) in [7, 11) is 0. The molecule has 0 heterocycles. The van der Waals surface area contributed by atoms with Crippen molar-refractivity contribution in [2.24, 2.45) is 5.73 Å². The Morgan fingerprint density at radius 2 is 2.29 bits per heavy atom. The minimum Gasteiger partial charge on any atom is -0.492 e. The first-order valence-electron chi connectivity index (χ1n) is 5.51. The van der Waals surface area contributed by atoms with Crippen LogP contribution in [0.5, 0.6) is 5.75 Å². The number of amides is 1. The van der Waals surface area contributed by atoms with Crippen LogP contribution in [-0.2, 0) is 4.79 Å². The first-order valence-corrected chi connectivity index (χ1v) is 6.30. The fourth-order valence-corrected chi connectivity index (χ4v) is 1.80. The molecule has 1 amide bonds. The minimum absolute atomic E-state index is 0.276. The Hall–Kier alpha value is -1.07. The highest BCUT2D eigenvalue weighted by Gasteiger charge is 2.05. The van der Waals surface area contributed by atoms with Crippen molar-refractivity contribution < 1.29 is 9.53 Å². The number of nitrogens with two attached hydrogens (primary N) is 1. The van der Waals surface area contributed by atoms with E-state index >= 15 is 0 Å². The number of rotatable bonds is 7. The van der Waals surface area contributed by atoms with Crippen molar-refractivity contribution in [3.8, 4) is 5.75 Å². The van der Waals surface area contributed by atoms with Gasteiger partial charge in [0, 0.05) is 11.0 Å². The van der Waals surface area contributed by atoms with Crippen molar-refractivity contribution in [1.82, 2.24) is 4.90 Å². The van der Waals surface area contributed by atoms with Crippen molar-refractivity contribution in [2.75, 3.05) is 26.2 Å². The maximum absolute atomic E-state index is 10.8. The van der Waals surface area contributed by atoms with Gasteiger partial charge in [-0.05, 0) is 24.7 Å². The van der Waals surface area contributed by atoms with E-state index in [0.717, 1.165) is 16.8 Å². The highest BCUT2D eigenvalue weighted by Crippen LogP contribution is 2.17. The molecule has 0 aliphatic heterocycles. The van der Waals surface area contributed by atoms with Crippen LogP contribution >= 0.6 is 15.9 Å². The molecule has 2 N–H and O–H groups in total. The standard InChI is InChI=1S/C12H17BrN2O2/c1-2-15(9-12(14)16)6-7-17-11-5-3-4-10(13)8-11/h3-5,8H,2,6-7,9H2,1H3,(H2,14,16). The summed E-state index contributed by atoms with van der Waals surface area (Å²) in [4.78, 5) is 12.7. The summed E-state index contributed by atoms with van der Waals surface area (Å²) in [5, 5.41) is 0. The van der Waals surface area contributed by atoms with Gasteiger partial charge in [0.05, 0.1) is 6.54 Å². The fourth-order valence-electron chi connectivity index (χ4n) is 1.42. The lowest BCUT2D eigenvalue weighted by molar-refractivity contribution is -0.119. The molecule has 0 spiro atoms. The average Bonchev–Trinajstić information content (AvgIpc) is 2.27. The molecule has 0 aliphatic rings. The molecule has 94 valence electrons. The third-order valence-electron chi connectivity index (χ3n) is 2.30. The number of primary amides is 1. The topological polar surface area (TPSA) is 55.6 Å². The number of nitrogens with zero attached hydrogens (tertiary/aromatic N) is 1. The van der Waals surface area contributed by atoms with Gasteiger partial charge in [-0.3, -0.25) is 9.69 Å².